The fourth-order valence-corrected chi connectivity index (χ4v) is 2.75. The van der Waals surface area contributed by atoms with Crippen LogP contribution in [-0.4, -0.2) is 15.5 Å². The Morgan fingerprint density at radius 2 is 1.72 bits per heavy atom. The Hall–Kier alpha value is -2.44. The summed E-state index contributed by atoms with van der Waals surface area (Å²) in [6.45, 7) is 0.134. The summed E-state index contributed by atoms with van der Waals surface area (Å²) in [5.41, 5.74) is 0.711. The molecule has 1 aromatic heterocycles. The molecule has 0 fully saturated rings. The van der Waals surface area contributed by atoms with Crippen molar-refractivity contribution in [3.63, 3.8) is 0 Å². The highest BCUT2D eigenvalue weighted by Crippen LogP contribution is 2.10. The second-order valence-corrected chi connectivity index (χ2v) is 6.57. The molecule has 0 unspecified atom stereocenters. The van der Waals surface area contributed by atoms with E-state index in [1.165, 1.54) is 6.20 Å². The molecule has 5 nitrogen and oxygen atoms in total. The standard InChI is InChI=1S/C18H13BrClN3O2/c19-16-12-23(21-10-13-4-2-1-3-5-13)18(25)22(17(16)24)11-14-6-8-15(20)9-7-14/h1-10,12H,11H2/b21-10+. The van der Waals surface area contributed by atoms with Crippen LogP contribution in [-0.2, 0) is 6.54 Å². The summed E-state index contributed by atoms with van der Waals surface area (Å²) in [5, 5.41) is 4.76. The minimum absolute atomic E-state index is 0.134. The molecule has 25 heavy (non-hydrogen) atoms. The molecule has 3 aromatic rings. The highest BCUT2D eigenvalue weighted by atomic mass is 79.9. The summed E-state index contributed by atoms with van der Waals surface area (Å²) in [7, 11) is 0. The van der Waals surface area contributed by atoms with E-state index in [0.717, 1.165) is 20.4 Å². The molecule has 3 rings (SSSR count). The summed E-state index contributed by atoms with van der Waals surface area (Å²) in [6.07, 6.45) is 2.92. The lowest BCUT2D eigenvalue weighted by atomic mass is 10.2. The molecule has 0 spiro atoms. The van der Waals surface area contributed by atoms with Gasteiger partial charge in [0, 0.05) is 5.02 Å². The third-order valence-electron chi connectivity index (χ3n) is 3.50. The van der Waals surface area contributed by atoms with E-state index >= 15 is 0 Å². The van der Waals surface area contributed by atoms with Gasteiger partial charge in [-0.2, -0.15) is 9.78 Å². The van der Waals surface area contributed by atoms with Gasteiger partial charge in [-0.15, -0.1) is 0 Å². The maximum Gasteiger partial charge on any atom is 0.351 e. The fraction of sp³-hybridized carbons (Fsp3) is 0.0556. The average molecular weight is 419 g/mol. The molecule has 2 aromatic carbocycles. The molecule has 0 saturated heterocycles. The largest absolute Gasteiger partial charge is 0.351 e. The van der Waals surface area contributed by atoms with Gasteiger partial charge >= 0.3 is 5.69 Å². The number of aromatic nitrogens is 2. The van der Waals surface area contributed by atoms with Gasteiger partial charge in [-0.05, 0) is 39.2 Å². The van der Waals surface area contributed by atoms with Crippen molar-refractivity contribution in [2.75, 3.05) is 0 Å². The van der Waals surface area contributed by atoms with Crippen LogP contribution < -0.4 is 11.2 Å². The van der Waals surface area contributed by atoms with E-state index in [9.17, 15) is 9.59 Å². The van der Waals surface area contributed by atoms with Crippen LogP contribution in [0.15, 0.2) is 80.0 Å². The number of hydrogen-bond donors (Lipinski definition) is 0. The maximum atomic E-state index is 12.6. The van der Waals surface area contributed by atoms with Crippen LogP contribution in [0.25, 0.3) is 0 Å². The molecular weight excluding hydrogens is 406 g/mol. The molecule has 7 heteroatoms. The van der Waals surface area contributed by atoms with Gasteiger partial charge in [0.2, 0.25) is 0 Å². The predicted octanol–water partition coefficient (Wildman–Crippen LogP) is 3.36. The van der Waals surface area contributed by atoms with Crippen molar-refractivity contribution in [1.29, 1.82) is 0 Å². The molecule has 0 saturated carbocycles. The molecule has 0 amide bonds. The van der Waals surface area contributed by atoms with E-state index in [-0.39, 0.29) is 11.0 Å². The zero-order valence-corrected chi connectivity index (χ0v) is 15.3. The minimum atomic E-state index is -0.518. The Kier molecular flexibility index (Phi) is 5.31. The molecule has 126 valence electrons. The molecular formula is C18H13BrClN3O2. The summed E-state index contributed by atoms with van der Waals surface area (Å²) < 4.78 is 2.51. The van der Waals surface area contributed by atoms with Crippen molar-refractivity contribution >= 4 is 33.7 Å². The first-order valence-electron chi connectivity index (χ1n) is 7.40. The van der Waals surface area contributed by atoms with Gasteiger partial charge in [0.15, 0.2) is 0 Å². The summed E-state index contributed by atoms with van der Waals surface area (Å²) in [6, 6.07) is 16.4. The van der Waals surface area contributed by atoms with Crippen molar-refractivity contribution in [2.24, 2.45) is 5.10 Å². The fourth-order valence-electron chi connectivity index (χ4n) is 2.22. The quantitative estimate of drug-likeness (QED) is 0.610. The molecule has 0 aliphatic carbocycles. The van der Waals surface area contributed by atoms with E-state index in [1.54, 1.807) is 30.5 Å². The minimum Gasteiger partial charge on any atom is -0.268 e. The number of hydrogen-bond acceptors (Lipinski definition) is 3. The monoisotopic (exact) mass is 417 g/mol. The summed E-state index contributed by atoms with van der Waals surface area (Å²) in [4.78, 5) is 24.9. The van der Waals surface area contributed by atoms with Gasteiger partial charge in [-0.3, -0.25) is 9.36 Å². The molecule has 0 aliphatic heterocycles. The van der Waals surface area contributed by atoms with E-state index < -0.39 is 11.2 Å². The first-order chi connectivity index (χ1) is 12.0. The molecule has 1 heterocycles. The molecule has 0 bridgehead atoms. The normalized spacial score (nSPS) is 11.1. The van der Waals surface area contributed by atoms with Crippen molar-refractivity contribution < 1.29 is 0 Å². The lowest BCUT2D eigenvalue weighted by Gasteiger charge is -2.08. The van der Waals surface area contributed by atoms with Crippen LogP contribution in [0, 0.1) is 0 Å². The van der Waals surface area contributed by atoms with E-state index in [4.69, 9.17) is 11.6 Å². The van der Waals surface area contributed by atoms with Gasteiger partial charge < -0.3 is 0 Å². The molecule has 0 N–H and O–H groups in total. The van der Waals surface area contributed by atoms with E-state index in [0.29, 0.717) is 5.02 Å². The number of rotatable bonds is 4. The topological polar surface area (TPSA) is 56.4 Å². The lowest BCUT2D eigenvalue weighted by molar-refractivity contribution is 0.628. The van der Waals surface area contributed by atoms with Crippen molar-refractivity contribution in [1.82, 2.24) is 9.24 Å². The van der Waals surface area contributed by atoms with Gasteiger partial charge in [-0.25, -0.2) is 4.79 Å². The third kappa shape index (κ3) is 4.15. The number of benzene rings is 2. The SMILES string of the molecule is O=c1c(Br)cn(/N=C/c2ccccc2)c(=O)n1Cc1ccc(Cl)cc1. The first kappa shape index (κ1) is 17.4. The van der Waals surface area contributed by atoms with Gasteiger partial charge in [0.1, 0.15) is 4.47 Å². The molecule has 0 radical (unpaired) electrons. The Bertz CT molecular complexity index is 1020. The highest BCUT2D eigenvalue weighted by molar-refractivity contribution is 9.10. The van der Waals surface area contributed by atoms with Crippen LogP contribution in [0.3, 0.4) is 0 Å². The van der Waals surface area contributed by atoms with Crippen molar-refractivity contribution in [2.45, 2.75) is 6.54 Å². The van der Waals surface area contributed by atoms with Crippen LogP contribution in [0.4, 0.5) is 0 Å². The van der Waals surface area contributed by atoms with Crippen LogP contribution in [0.1, 0.15) is 11.1 Å². The third-order valence-corrected chi connectivity index (χ3v) is 4.29. The van der Waals surface area contributed by atoms with Gasteiger partial charge in [-0.1, -0.05) is 54.1 Å². The van der Waals surface area contributed by atoms with Gasteiger partial charge in [0.05, 0.1) is 19.0 Å². The van der Waals surface area contributed by atoms with E-state index in [2.05, 4.69) is 21.0 Å². The van der Waals surface area contributed by atoms with Crippen LogP contribution in [0.2, 0.25) is 5.02 Å². The maximum absolute atomic E-state index is 12.6. The second kappa shape index (κ2) is 7.63. The Morgan fingerprint density at radius 3 is 2.40 bits per heavy atom. The first-order valence-corrected chi connectivity index (χ1v) is 8.57. The Labute approximate surface area is 156 Å². The lowest BCUT2D eigenvalue weighted by Crippen LogP contribution is -2.39. The second-order valence-electron chi connectivity index (χ2n) is 5.28. The summed E-state index contributed by atoms with van der Waals surface area (Å²) >= 11 is 9.06. The average Bonchev–Trinajstić information content (AvgIpc) is 2.63. The van der Waals surface area contributed by atoms with Gasteiger partial charge in [0.25, 0.3) is 5.56 Å². The Balaban J connectivity index is 2.00. The zero-order valence-electron chi connectivity index (χ0n) is 13.0. The smallest absolute Gasteiger partial charge is 0.268 e. The number of halogens is 2. The number of nitrogens with zero attached hydrogens (tertiary/aromatic N) is 3. The molecule has 0 aliphatic rings. The van der Waals surface area contributed by atoms with E-state index in [1.807, 2.05) is 30.3 Å². The predicted molar refractivity (Wildman–Crippen MR) is 103 cm³/mol. The highest BCUT2D eigenvalue weighted by Gasteiger charge is 2.10. The zero-order chi connectivity index (χ0) is 17.8. The Morgan fingerprint density at radius 1 is 1.04 bits per heavy atom. The van der Waals surface area contributed by atoms with Crippen molar-refractivity contribution in [3.8, 4) is 0 Å². The molecule has 0 atom stereocenters. The van der Waals surface area contributed by atoms with Crippen LogP contribution in [0.5, 0.6) is 0 Å². The van der Waals surface area contributed by atoms with Crippen LogP contribution >= 0.6 is 27.5 Å². The van der Waals surface area contributed by atoms with Crippen molar-refractivity contribution in [3.05, 3.63) is 102 Å². The summed E-state index contributed by atoms with van der Waals surface area (Å²) in [5.74, 6) is 0.